The third kappa shape index (κ3) is 3.04. The van der Waals surface area contributed by atoms with Crippen molar-refractivity contribution in [1.29, 1.82) is 0 Å². The van der Waals surface area contributed by atoms with Crippen LogP contribution in [0.2, 0.25) is 0 Å². The van der Waals surface area contributed by atoms with E-state index in [-0.39, 0.29) is 6.61 Å². The molecule has 0 heterocycles. The first-order valence-electron chi connectivity index (χ1n) is 4.43. The molecule has 0 aromatic heterocycles. The van der Waals surface area contributed by atoms with Crippen molar-refractivity contribution in [2.75, 3.05) is 6.61 Å². The van der Waals surface area contributed by atoms with Gasteiger partial charge in [-0.15, -0.1) is 0 Å². The topological polar surface area (TPSA) is 37.3 Å². The Hall–Kier alpha value is -1.59. The number of hydrogen-bond donors (Lipinski definition) is 1. The van der Waals surface area contributed by atoms with Gasteiger partial charge in [0.15, 0.2) is 0 Å². The third-order valence-electron chi connectivity index (χ3n) is 1.71. The van der Waals surface area contributed by atoms with E-state index in [1.165, 1.54) is 0 Å². The van der Waals surface area contributed by atoms with E-state index in [9.17, 15) is 4.79 Å². The van der Waals surface area contributed by atoms with Crippen molar-refractivity contribution in [1.82, 2.24) is 0 Å². The molecular formula is C12H12O2. The Bertz CT molecular complexity index is 383. The number of carbonyl (C=O) groups excluding carboxylic acids is 1. The first-order valence-corrected chi connectivity index (χ1v) is 4.43. The molecule has 1 aromatic rings. The molecule has 0 aliphatic carbocycles. The predicted molar refractivity (Wildman–Crippen MR) is 55.1 cm³/mol. The van der Waals surface area contributed by atoms with Gasteiger partial charge in [0, 0.05) is 17.5 Å². The fourth-order valence-electron chi connectivity index (χ4n) is 1.17. The molecule has 0 fully saturated rings. The highest BCUT2D eigenvalue weighted by Crippen LogP contribution is 2.06. The second-order valence-corrected chi connectivity index (χ2v) is 3.03. The van der Waals surface area contributed by atoms with Crippen LogP contribution in [0, 0.1) is 18.8 Å². The standard InChI is InChI=1S/C12H12O2/c1-10-6-11(4-2-3-5-13)8-12(7-10)9-14/h6-9,13H,3,5H2,1H3. The van der Waals surface area contributed by atoms with E-state index in [1.807, 2.05) is 19.1 Å². The van der Waals surface area contributed by atoms with Crippen LogP contribution in [0.5, 0.6) is 0 Å². The molecule has 0 unspecified atom stereocenters. The number of aliphatic hydroxyl groups is 1. The summed E-state index contributed by atoms with van der Waals surface area (Å²) in [5, 5.41) is 8.54. The number of aryl methyl sites for hydroxylation is 1. The number of benzene rings is 1. The maximum atomic E-state index is 10.6. The van der Waals surface area contributed by atoms with E-state index in [4.69, 9.17) is 5.11 Å². The van der Waals surface area contributed by atoms with E-state index >= 15 is 0 Å². The lowest BCUT2D eigenvalue weighted by Gasteiger charge is -1.96. The molecule has 2 nitrogen and oxygen atoms in total. The van der Waals surface area contributed by atoms with Crippen molar-refractivity contribution >= 4 is 6.29 Å². The Balaban J connectivity index is 2.93. The number of carbonyl (C=O) groups is 1. The molecule has 72 valence electrons. The van der Waals surface area contributed by atoms with Gasteiger partial charge in [0.05, 0.1) is 6.61 Å². The summed E-state index contributed by atoms with van der Waals surface area (Å²) < 4.78 is 0. The van der Waals surface area contributed by atoms with E-state index in [1.54, 1.807) is 6.07 Å². The molecule has 0 spiro atoms. The minimum atomic E-state index is 0.0688. The molecule has 0 aliphatic rings. The Labute approximate surface area is 83.6 Å². The average molecular weight is 188 g/mol. The van der Waals surface area contributed by atoms with Crippen molar-refractivity contribution in [3.8, 4) is 11.8 Å². The summed E-state index contributed by atoms with van der Waals surface area (Å²) in [5.74, 6) is 5.71. The molecule has 0 aliphatic heterocycles. The summed E-state index contributed by atoms with van der Waals surface area (Å²) in [6, 6.07) is 5.46. The highest BCUT2D eigenvalue weighted by molar-refractivity contribution is 5.76. The van der Waals surface area contributed by atoms with Gasteiger partial charge < -0.3 is 5.11 Å². The van der Waals surface area contributed by atoms with Gasteiger partial charge in [-0.2, -0.15) is 0 Å². The molecule has 1 rings (SSSR count). The summed E-state index contributed by atoms with van der Waals surface area (Å²) in [7, 11) is 0. The normalized spacial score (nSPS) is 9.00. The van der Waals surface area contributed by atoms with Crippen LogP contribution in [0.15, 0.2) is 18.2 Å². The maximum Gasteiger partial charge on any atom is 0.150 e. The van der Waals surface area contributed by atoms with Gasteiger partial charge in [-0.25, -0.2) is 0 Å². The molecule has 0 bridgehead atoms. The Morgan fingerprint density at radius 1 is 1.43 bits per heavy atom. The van der Waals surface area contributed by atoms with Crippen molar-refractivity contribution < 1.29 is 9.90 Å². The largest absolute Gasteiger partial charge is 0.395 e. The van der Waals surface area contributed by atoms with Crippen LogP contribution in [0.1, 0.15) is 27.9 Å². The van der Waals surface area contributed by atoms with Crippen LogP contribution in [-0.4, -0.2) is 18.0 Å². The number of rotatable bonds is 2. The fourth-order valence-corrected chi connectivity index (χ4v) is 1.17. The zero-order chi connectivity index (χ0) is 10.4. The summed E-state index contributed by atoms with van der Waals surface area (Å²) in [4.78, 5) is 10.6. The van der Waals surface area contributed by atoms with Crippen molar-refractivity contribution in [3.63, 3.8) is 0 Å². The Kier molecular flexibility index (Phi) is 3.90. The van der Waals surface area contributed by atoms with Gasteiger partial charge in [-0.1, -0.05) is 11.8 Å². The number of aldehydes is 1. The predicted octanol–water partition coefficient (Wildman–Crippen LogP) is 1.54. The molecule has 0 amide bonds. The van der Waals surface area contributed by atoms with Crippen LogP contribution >= 0.6 is 0 Å². The molecule has 0 saturated heterocycles. The Morgan fingerprint density at radius 3 is 2.86 bits per heavy atom. The summed E-state index contributed by atoms with van der Waals surface area (Å²) in [6.07, 6.45) is 1.27. The molecule has 0 radical (unpaired) electrons. The van der Waals surface area contributed by atoms with E-state index in [0.717, 1.165) is 17.4 Å². The van der Waals surface area contributed by atoms with Crippen LogP contribution in [-0.2, 0) is 0 Å². The molecule has 1 N–H and O–H groups in total. The maximum absolute atomic E-state index is 10.6. The van der Waals surface area contributed by atoms with Gasteiger partial charge in [0.1, 0.15) is 6.29 Å². The minimum absolute atomic E-state index is 0.0688. The molecule has 14 heavy (non-hydrogen) atoms. The SMILES string of the molecule is Cc1cc(C#CCCO)cc(C=O)c1. The minimum Gasteiger partial charge on any atom is -0.395 e. The second-order valence-electron chi connectivity index (χ2n) is 3.03. The zero-order valence-corrected chi connectivity index (χ0v) is 8.08. The molecular weight excluding hydrogens is 176 g/mol. The van der Waals surface area contributed by atoms with Gasteiger partial charge in [0.2, 0.25) is 0 Å². The van der Waals surface area contributed by atoms with Gasteiger partial charge in [0.25, 0.3) is 0 Å². The first kappa shape index (κ1) is 10.5. The lowest BCUT2D eigenvalue weighted by atomic mass is 10.1. The van der Waals surface area contributed by atoms with Crippen LogP contribution < -0.4 is 0 Å². The molecule has 0 atom stereocenters. The zero-order valence-electron chi connectivity index (χ0n) is 8.08. The van der Waals surface area contributed by atoms with E-state index in [2.05, 4.69) is 11.8 Å². The van der Waals surface area contributed by atoms with Gasteiger partial charge in [-0.05, 0) is 30.7 Å². The highest BCUT2D eigenvalue weighted by Gasteiger charge is 1.94. The smallest absolute Gasteiger partial charge is 0.150 e. The monoisotopic (exact) mass is 188 g/mol. The summed E-state index contributed by atoms with van der Waals surface area (Å²) in [5.41, 5.74) is 2.47. The van der Waals surface area contributed by atoms with Crippen molar-refractivity contribution in [3.05, 3.63) is 34.9 Å². The lowest BCUT2D eigenvalue weighted by Crippen LogP contribution is -1.85. The fraction of sp³-hybridized carbons (Fsp3) is 0.250. The van der Waals surface area contributed by atoms with E-state index < -0.39 is 0 Å². The van der Waals surface area contributed by atoms with Crippen molar-refractivity contribution in [2.24, 2.45) is 0 Å². The number of aliphatic hydroxyl groups excluding tert-OH is 1. The average Bonchev–Trinajstić information content (AvgIpc) is 2.17. The van der Waals surface area contributed by atoms with Crippen LogP contribution in [0.4, 0.5) is 0 Å². The quantitative estimate of drug-likeness (QED) is 0.564. The first-order chi connectivity index (χ1) is 6.76. The van der Waals surface area contributed by atoms with Gasteiger partial charge in [-0.3, -0.25) is 4.79 Å². The van der Waals surface area contributed by atoms with Crippen LogP contribution in [0.25, 0.3) is 0 Å². The van der Waals surface area contributed by atoms with Gasteiger partial charge >= 0.3 is 0 Å². The van der Waals surface area contributed by atoms with Crippen molar-refractivity contribution in [2.45, 2.75) is 13.3 Å². The summed E-state index contributed by atoms with van der Waals surface area (Å²) >= 11 is 0. The molecule has 1 aromatic carbocycles. The van der Waals surface area contributed by atoms with E-state index in [0.29, 0.717) is 12.0 Å². The third-order valence-corrected chi connectivity index (χ3v) is 1.71. The molecule has 2 heteroatoms. The van der Waals surface area contributed by atoms with Crippen LogP contribution in [0.3, 0.4) is 0 Å². The highest BCUT2D eigenvalue weighted by atomic mass is 16.2. The molecule has 0 saturated carbocycles. The summed E-state index contributed by atoms with van der Waals surface area (Å²) in [6.45, 7) is 1.99. The lowest BCUT2D eigenvalue weighted by molar-refractivity contribution is 0.112. The Morgan fingerprint density at radius 2 is 2.21 bits per heavy atom. The second kappa shape index (κ2) is 5.21. The number of hydrogen-bond acceptors (Lipinski definition) is 2.